The van der Waals surface area contributed by atoms with Crippen LogP contribution in [0.15, 0.2) is 23.8 Å². The fourth-order valence-corrected chi connectivity index (χ4v) is 9.76. The van der Waals surface area contributed by atoms with Crippen molar-refractivity contribution < 1.29 is 37.3 Å². The SMILES string of the molecule is CC(C)C(=O)Nc1nc2c(ncn2CC2O[C@@H]3COP(=O)([S-])CC4CC(n5cnc6c(N)ncnc65)O[C@@H]4COP([O-])(=S)OC2C3)c(=O)[nH]1. The Bertz CT molecular complexity index is 2060. The average molecular weight is 755 g/mol. The van der Waals surface area contributed by atoms with Crippen LogP contribution in [0.1, 0.15) is 32.9 Å². The van der Waals surface area contributed by atoms with E-state index in [0.717, 1.165) is 0 Å². The highest BCUT2D eigenvalue weighted by Gasteiger charge is 2.42. The van der Waals surface area contributed by atoms with Gasteiger partial charge in [0.1, 0.15) is 30.9 Å². The minimum atomic E-state index is -4.13. The molecule has 6 unspecified atom stereocenters. The molecule has 3 saturated heterocycles. The average Bonchev–Trinajstić information content (AvgIpc) is 3.81. The van der Waals surface area contributed by atoms with Gasteiger partial charge in [-0.25, -0.2) is 19.9 Å². The second-order valence-corrected chi connectivity index (χ2v) is 18.6. The molecule has 3 fully saturated rings. The van der Waals surface area contributed by atoms with E-state index in [1.54, 1.807) is 23.0 Å². The lowest BCUT2D eigenvalue weighted by Gasteiger charge is -2.34. The first-order valence-corrected chi connectivity index (χ1v) is 20.7. The van der Waals surface area contributed by atoms with E-state index in [-0.39, 0.29) is 67.1 Å². The van der Waals surface area contributed by atoms with Gasteiger partial charge in [0.05, 0.1) is 57.3 Å². The maximum atomic E-state index is 13.6. The van der Waals surface area contributed by atoms with Gasteiger partial charge in [0.25, 0.3) is 5.56 Å². The predicted molar refractivity (Wildman–Crippen MR) is 178 cm³/mol. The lowest BCUT2D eigenvalue weighted by Crippen LogP contribution is -2.31. The van der Waals surface area contributed by atoms with Crippen LogP contribution in [0.4, 0.5) is 11.8 Å². The molecule has 0 spiro atoms. The Hall–Kier alpha value is -2.84. The van der Waals surface area contributed by atoms with Crippen molar-refractivity contribution in [2.24, 2.45) is 11.8 Å². The summed E-state index contributed by atoms with van der Waals surface area (Å²) in [5.41, 5.74) is 6.45. The van der Waals surface area contributed by atoms with E-state index in [2.05, 4.69) is 35.2 Å². The highest BCUT2D eigenvalue weighted by Crippen LogP contribution is 2.53. The van der Waals surface area contributed by atoms with Gasteiger partial charge in [0.15, 0.2) is 22.6 Å². The first-order valence-electron chi connectivity index (χ1n) is 15.3. The quantitative estimate of drug-likeness (QED) is 0.190. The summed E-state index contributed by atoms with van der Waals surface area (Å²) in [5, 5.41) is 2.58. The van der Waals surface area contributed by atoms with Crippen LogP contribution >= 0.6 is 13.3 Å². The minimum absolute atomic E-state index is 0.0320. The Morgan fingerprint density at radius 3 is 2.73 bits per heavy atom. The Morgan fingerprint density at radius 2 is 1.94 bits per heavy atom. The number of hydrogen-bond acceptors (Lipinski definition) is 17. The van der Waals surface area contributed by atoms with E-state index >= 15 is 0 Å². The van der Waals surface area contributed by atoms with Gasteiger partial charge in [0.2, 0.25) is 11.9 Å². The van der Waals surface area contributed by atoms with Gasteiger partial charge in [0, 0.05) is 18.5 Å². The number of aromatic amines is 1. The fourth-order valence-electron chi connectivity index (χ4n) is 6.09. The molecule has 264 valence electrons. The van der Waals surface area contributed by atoms with Crippen LogP contribution in [0, 0.1) is 11.8 Å². The summed E-state index contributed by atoms with van der Waals surface area (Å²) >= 11 is 10.8. The van der Waals surface area contributed by atoms with Gasteiger partial charge in [-0.3, -0.25) is 24.5 Å². The third-order valence-electron chi connectivity index (χ3n) is 8.53. The van der Waals surface area contributed by atoms with Crippen LogP contribution in [0.5, 0.6) is 0 Å². The number of imidazole rings is 2. The molecule has 2 bridgehead atoms. The van der Waals surface area contributed by atoms with E-state index in [1.807, 2.05) is 0 Å². The van der Waals surface area contributed by atoms with Crippen LogP contribution in [0.25, 0.3) is 22.3 Å². The van der Waals surface area contributed by atoms with Crippen molar-refractivity contribution in [3.63, 3.8) is 0 Å². The van der Waals surface area contributed by atoms with E-state index in [0.29, 0.717) is 17.6 Å². The number of hydrogen-bond donors (Lipinski definition) is 3. The number of nitrogens with two attached hydrogens (primary N) is 1. The van der Waals surface area contributed by atoms with Gasteiger partial charge in [-0.1, -0.05) is 25.7 Å². The monoisotopic (exact) mass is 754 g/mol. The summed E-state index contributed by atoms with van der Waals surface area (Å²) in [4.78, 5) is 62.1. The van der Waals surface area contributed by atoms with Crippen LogP contribution < -0.4 is 21.5 Å². The van der Waals surface area contributed by atoms with Crippen molar-refractivity contribution in [1.82, 2.24) is 39.0 Å². The largest absolute Gasteiger partial charge is 0.780 e. The zero-order valence-corrected chi connectivity index (χ0v) is 29.5. The Balaban J connectivity index is 1.11. The number of nitrogens with one attached hydrogen (secondary N) is 2. The molecule has 8 atom stereocenters. The van der Waals surface area contributed by atoms with Crippen LogP contribution in [0.3, 0.4) is 0 Å². The number of H-pyrrole nitrogens is 1. The molecule has 3 aliphatic heterocycles. The Kier molecular flexibility index (Phi) is 9.44. The zero-order chi connectivity index (χ0) is 34.7. The third-order valence-corrected chi connectivity index (χ3v) is 12.3. The normalized spacial score (nSPS) is 32.5. The number of anilines is 2. The van der Waals surface area contributed by atoms with Gasteiger partial charge in [-0.05, 0) is 12.3 Å². The summed E-state index contributed by atoms with van der Waals surface area (Å²) in [6.45, 7) is -4.68. The van der Waals surface area contributed by atoms with E-state index in [9.17, 15) is 19.0 Å². The summed E-state index contributed by atoms with van der Waals surface area (Å²) in [7, 11) is 0. The second kappa shape index (κ2) is 13.4. The van der Waals surface area contributed by atoms with Crippen molar-refractivity contribution in [2.45, 2.75) is 63.9 Å². The zero-order valence-electron chi connectivity index (χ0n) is 26.1. The molecule has 0 aliphatic carbocycles. The Labute approximate surface area is 288 Å². The molecule has 1 amide bonds. The van der Waals surface area contributed by atoms with E-state index in [4.69, 9.17) is 52.8 Å². The van der Waals surface area contributed by atoms with Crippen LogP contribution in [-0.2, 0) is 63.0 Å². The molecule has 49 heavy (non-hydrogen) atoms. The molecule has 23 heteroatoms. The number of ether oxygens (including phenoxy) is 2. The molecule has 0 aromatic carbocycles. The first kappa shape index (κ1) is 34.6. The maximum absolute atomic E-state index is 13.6. The standard InChI is InChI=1S/C26H34N10O9P2S2/c1-12(2)24(37)33-26-32-23-20(25(38)34-26)30-10-35(23)5-16-15-4-14(43-16)6-41-46(39,48)8-13-3-18(44-17(13)7-42-47(40,49)45-15)36-11-31-19-21(27)28-9-29-22(19)36/h9-18H,3-8H2,1-2H3,(H,39,48)(H,40,49)(H2,27,28,29)(H2,32,33,34,37,38)/p-2/t13?,14-,15?,16?,17+,18?,46?,47?/m0/s1. The third kappa shape index (κ3) is 7.33. The van der Waals surface area contributed by atoms with Gasteiger partial charge in [-0.2, -0.15) is 4.98 Å². The van der Waals surface area contributed by atoms with Crippen LogP contribution in [0.2, 0.25) is 0 Å². The van der Waals surface area contributed by atoms with E-state index < -0.39 is 55.4 Å². The Morgan fingerprint density at radius 1 is 1.14 bits per heavy atom. The molecule has 7 heterocycles. The topological polar surface area (TPSA) is 249 Å². The number of fused-ring (bicyclic) bond motifs is 5. The molecule has 4 aromatic heterocycles. The van der Waals surface area contributed by atoms with Gasteiger partial charge >= 0.3 is 0 Å². The number of carbonyl (C=O) groups is 1. The number of amides is 1. The van der Waals surface area contributed by atoms with Crippen molar-refractivity contribution in [1.29, 1.82) is 0 Å². The van der Waals surface area contributed by atoms with E-state index in [1.165, 1.54) is 19.0 Å². The van der Waals surface area contributed by atoms with Gasteiger partial charge in [-0.15, -0.1) is 0 Å². The first-order chi connectivity index (χ1) is 23.2. The summed E-state index contributed by atoms with van der Waals surface area (Å²) in [6.07, 6.45) is 1.07. The lowest BCUT2D eigenvalue weighted by molar-refractivity contribution is -0.215. The van der Waals surface area contributed by atoms with Crippen molar-refractivity contribution in [2.75, 3.05) is 30.4 Å². The summed E-state index contributed by atoms with van der Waals surface area (Å²) in [6, 6.07) is 0. The molecule has 3 aliphatic rings. The van der Waals surface area contributed by atoms with Crippen molar-refractivity contribution >= 4 is 77.3 Å². The van der Waals surface area contributed by atoms with Gasteiger partial charge < -0.3 is 55.1 Å². The smallest absolute Gasteiger partial charge is 0.280 e. The maximum Gasteiger partial charge on any atom is 0.280 e. The number of carbonyl (C=O) groups excluding carboxylic acids is 1. The molecule has 7 rings (SSSR count). The molecule has 19 nitrogen and oxygen atoms in total. The molecule has 0 saturated carbocycles. The van der Waals surface area contributed by atoms with Crippen molar-refractivity contribution in [3.8, 4) is 0 Å². The molecular formula is C26H32N10O9P2S2-2. The summed E-state index contributed by atoms with van der Waals surface area (Å²) in [5.74, 6) is -0.946. The highest BCUT2D eigenvalue weighted by atomic mass is 32.7. The number of aromatic nitrogens is 8. The second-order valence-electron chi connectivity index (χ2n) is 12.3. The number of nitrogens with zero attached hydrogens (tertiary/aromatic N) is 7. The number of rotatable bonds is 5. The molecule has 0 radical (unpaired) electrons. The fraction of sp³-hybridized carbons (Fsp3) is 0.577. The highest BCUT2D eigenvalue weighted by molar-refractivity contribution is 8.34. The molecule has 4 N–H and O–H groups in total. The predicted octanol–water partition coefficient (Wildman–Crippen LogP) is 0.954. The van der Waals surface area contributed by atoms with Crippen molar-refractivity contribution in [3.05, 3.63) is 29.3 Å². The lowest BCUT2D eigenvalue weighted by atomic mass is 10.0. The summed E-state index contributed by atoms with van der Waals surface area (Å²) < 4.78 is 46.8. The number of nitrogen functional groups attached to an aromatic ring is 1. The minimum Gasteiger partial charge on any atom is -0.780 e. The molecular weight excluding hydrogens is 722 g/mol. The van der Waals surface area contributed by atoms with Crippen LogP contribution in [-0.4, -0.2) is 88.7 Å². The molecule has 4 aromatic rings.